The normalized spacial score (nSPS) is 12.6. The molecular formula is C20H24N8O. The number of fused-ring (bicyclic) bond motifs is 1. The third kappa shape index (κ3) is 3.95. The molecule has 0 bridgehead atoms. The van der Waals surface area contributed by atoms with E-state index >= 15 is 0 Å². The van der Waals surface area contributed by atoms with Crippen LogP contribution in [0.3, 0.4) is 0 Å². The molecule has 9 heteroatoms. The first-order chi connectivity index (χ1) is 13.9. The molecule has 0 radical (unpaired) electrons. The highest BCUT2D eigenvalue weighted by atomic mass is 16.3. The van der Waals surface area contributed by atoms with Gasteiger partial charge in [-0.3, -0.25) is 9.08 Å². The van der Waals surface area contributed by atoms with Crippen molar-refractivity contribution in [1.82, 2.24) is 34.1 Å². The summed E-state index contributed by atoms with van der Waals surface area (Å²) in [6, 6.07) is 2.05. The number of hydrogen-bond donors (Lipinski definition) is 2. The molecule has 0 unspecified atom stereocenters. The van der Waals surface area contributed by atoms with Crippen molar-refractivity contribution in [2.24, 2.45) is 0 Å². The summed E-state index contributed by atoms with van der Waals surface area (Å²) >= 11 is 0. The number of aryl methyl sites for hydroxylation is 1. The maximum atomic E-state index is 9.50. The van der Waals surface area contributed by atoms with Crippen molar-refractivity contribution in [2.75, 3.05) is 11.9 Å². The molecule has 1 atom stereocenters. The van der Waals surface area contributed by atoms with Crippen LogP contribution >= 0.6 is 0 Å². The van der Waals surface area contributed by atoms with Gasteiger partial charge in [0.25, 0.3) is 0 Å². The van der Waals surface area contributed by atoms with E-state index in [4.69, 9.17) is 5.10 Å². The molecule has 4 rings (SSSR count). The van der Waals surface area contributed by atoms with Gasteiger partial charge in [0.1, 0.15) is 5.69 Å². The Labute approximate surface area is 168 Å². The maximum Gasteiger partial charge on any atom is 0.233 e. The fourth-order valence-electron chi connectivity index (χ4n) is 3.02. The topological polar surface area (TPSA) is 106 Å². The summed E-state index contributed by atoms with van der Waals surface area (Å²) in [5.41, 5.74) is 4.21. The molecule has 150 valence electrons. The van der Waals surface area contributed by atoms with Crippen molar-refractivity contribution < 1.29 is 5.11 Å². The second-order valence-corrected chi connectivity index (χ2v) is 7.39. The Morgan fingerprint density at radius 3 is 2.69 bits per heavy atom. The maximum absolute atomic E-state index is 9.50. The van der Waals surface area contributed by atoms with Crippen LogP contribution in [0.2, 0.25) is 0 Å². The third-order valence-electron chi connectivity index (χ3n) is 4.45. The smallest absolute Gasteiger partial charge is 0.233 e. The van der Waals surface area contributed by atoms with Crippen LogP contribution < -0.4 is 5.32 Å². The molecule has 4 aromatic rings. The molecule has 0 spiro atoms. The number of nitrogens with zero attached hydrogens (tertiary/aromatic N) is 7. The van der Waals surface area contributed by atoms with Crippen molar-refractivity contribution in [2.45, 2.75) is 39.8 Å². The lowest BCUT2D eigenvalue weighted by molar-refractivity contribution is 0.208. The fraction of sp³-hybridized carbons (Fsp3) is 0.350. The minimum absolute atomic E-state index is 0.198. The molecule has 0 saturated heterocycles. The van der Waals surface area contributed by atoms with Crippen molar-refractivity contribution in [3.8, 4) is 22.5 Å². The van der Waals surface area contributed by atoms with Crippen LogP contribution in [-0.2, 0) is 0 Å². The minimum Gasteiger partial charge on any atom is -0.392 e. The zero-order valence-corrected chi connectivity index (χ0v) is 16.9. The molecule has 4 aromatic heterocycles. The Balaban J connectivity index is 1.80. The highest BCUT2D eigenvalue weighted by Crippen LogP contribution is 2.31. The van der Waals surface area contributed by atoms with E-state index in [-0.39, 0.29) is 6.04 Å². The summed E-state index contributed by atoms with van der Waals surface area (Å²) in [6.45, 7) is 8.19. The number of aliphatic hydroxyl groups excluding tert-OH is 1. The van der Waals surface area contributed by atoms with Gasteiger partial charge in [-0.1, -0.05) is 0 Å². The number of hydrogen-bond acceptors (Lipinski definition) is 7. The lowest BCUT2D eigenvalue weighted by Gasteiger charge is -2.08. The Morgan fingerprint density at radius 2 is 1.93 bits per heavy atom. The van der Waals surface area contributed by atoms with Crippen LogP contribution in [0, 0.1) is 6.92 Å². The zero-order chi connectivity index (χ0) is 20.5. The van der Waals surface area contributed by atoms with Gasteiger partial charge >= 0.3 is 0 Å². The van der Waals surface area contributed by atoms with Gasteiger partial charge < -0.3 is 10.4 Å². The Bertz CT molecular complexity index is 1140. The van der Waals surface area contributed by atoms with Gasteiger partial charge in [-0.05, 0) is 33.8 Å². The molecule has 2 N–H and O–H groups in total. The van der Waals surface area contributed by atoms with E-state index in [1.807, 2.05) is 40.7 Å². The molecule has 9 nitrogen and oxygen atoms in total. The molecular weight excluding hydrogens is 368 g/mol. The Kier molecular flexibility index (Phi) is 4.98. The van der Waals surface area contributed by atoms with E-state index in [0.29, 0.717) is 18.3 Å². The summed E-state index contributed by atoms with van der Waals surface area (Å²) in [7, 11) is 0. The first-order valence-corrected chi connectivity index (χ1v) is 9.57. The SMILES string of the molecule is Cc1cn2cc(-c3nn(C(C)C)cc3-c3ccnc(NC[C@H](C)O)n3)cnc2n1. The first kappa shape index (κ1) is 19.0. The van der Waals surface area contributed by atoms with Gasteiger partial charge in [0.05, 0.1) is 17.5 Å². The molecule has 0 aliphatic rings. The average Bonchev–Trinajstić information content (AvgIpc) is 3.29. The molecule has 0 aliphatic heterocycles. The highest BCUT2D eigenvalue weighted by Gasteiger charge is 2.17. The molecule has 0 aliphatic carbocycles. The lowest BCUT2D eigenvalue weighted by Crippen LogP contribution is -2.16. The number of nitrogens with one attached hydrogen (secondary N) is 1. The Hall–Kier alpha value is -3.33. The molecule has 29 heavy (non-hydrogen) atoms. The number of aromatic nitrogens is 7. The van der Waals surface area contributed by atoms with E-state index in [0.717, 1.165) is 28.2 Å². The zero-order valence-electron chi connectivity index (χ0n) is 16.9. The largest absolute Gasteiger partial charge is 0.392 e. The monoisotopic (exact) mass is 392 g/mol. The van der Waals surface area contributed by atoms with E-state index in [2.05, 4.69) is 39.1 Å². The number of anilines is 1. The summed E-state index contributed by atoms with van der Waals surface area (Å²) in [5, 5.41) is 17.3. The first-order valence-electron chi connectivity index (χ1n) is 9.57. The third-order valence-corrected chi connectivity index (χ3v) is 4.45. The van der Waals surface area contributed by atoms with Crippen LogP contribution in [-0.4, -0.2) is 51.9 Å². The van der Waals surface area contributed by atoms with Gasteiger partial charge in [0.2, 0.25) is 11.7 Å². The van der Waals surface area contributed by atoms with E-state index < -0.39 is 6.10 Å². The molecule has 0 amide bonds. The van der Waals surface area contributed by atoms with Gasteiger partial charge in [0, 0.05) is 54.7 Å². The van der Waals surface area contributed by atoms with Gasteiger partial charge in [-0.25, -0.2) is 19.9 Å². The van der Waals surface area contributed by atoms with Crippen LogP contribution in [0.25, 0.3) is 28.3 Å². The fourth-order valence-corrected chi connectivity index (χ4v) is 3.02. The lowest BCUT2D eigenvalue weighted by atomic mass is 10.1. The van der Waals surface area contributed by atoms with E-state index in [1.165, 1.54) is 0 Å². The summed E-state index contributed by atoms with van der Waals surface area (Å²) in [4.78, 5) is 17.7. The minimum atomic E-state index is -0.488. The Morgan fingerprint density at radius 1 is 1.10 bits per heavy atom. The van der Waals surface area contributed by atoms with Crippen molar-refractivity contribution in [3.63, 3.8) is 0 Å². The molecule has 0 aromatic carbocycles. The van der Waals surface area contributed by atoms with Gasteiger partial charge in [-0.2, -0.15) is 5.10 Å². The van der Waals surface area contributed by atoms with E-state index in [9.17, 15) is 5.11 Å². The average molecular weight is 392 g/mol. The second kappa shape index (κ2) is 7.59. The van der Waals surface area contributed by atoms with Crippen LogP contribution in [0.5, 0.6) is 0 Å². The summed E-state index contributed by atoms with van der Waals surface area (Å²) < 4.78 is 3.82. The van der Waals surface area contributed by atoms with Crippen LogP contribution in [0.4, 0.5) is 5.95 Å². The number of rotatable bonds is 6. The second-order valence-electron chi connectivity index (χ2n) is 7.39. The molecule has 0 fully saturated rings. The highest BCUT2D eigenvalue weighted by molar-refractivity contribution is 5.78. The molecule has 0 saturated carbocycles. The van der Waals surface area contributed by atoms with Crippen molar-refractivity contribution in [3.05, 3.63) is 42.7 Å². The standard InChI is InChI=1S/C20H24N8O/c1-12(2)28-11-16(17-5-6-21-19(25-17)22-7-14(4)29)18(26-28)15-8-23-20-24-13(3)9-27(20)10-15/h5-6,8-12,14,29H,7H2,1-4H3,(H,21,22,25)/t14-/m0/s1. The van der Waals surface area contributed by atoms with Crippen molar-refractivity contribution >= 4 is 11.7 Å². The van der Waals surface area contributed by atoms with Gasteiger partial charge in [-0.15, -0.1) is 0 Å². The van der Waals surface area contributed by atoms with Crippen LogP contribution in [0.1, 0.15) is 32.5 Å². The van der Waals surface area contributed by atoms with Gasteiger partial charge in [0.15, 0.2) is 0 Å². The van der Waals surface area contributed by atoms with Crippen molar-refractivity contribution in [1.29, 1.82) is 0 Å². The quantitative estimate of drug-likeness (QED) is 0.520. The van der Waals surface area contributed by atoms with Crippen LogP contribution in [0.15, 0.2) is 37.1 Å². The predicted octanol–water partition coefficient (Wildman–Crippen LogP) is 2.73. The number of imidazole rings is 1. The number of aliphatic hydroxyl groups is 1. The molecule has 4 heterocycles. The summed E-state index contributed by atoms with van der Waals surface area (Å²) in [6.07, 6.45) is 8.90. The predicted molar refractivity (Wildman–Crippen MR) is 111 cm³/mol. The van der Waals surface area contributed by atoms with E-state index in [1.54, 1.807) is 19.3 Å². The summed E-state index contributed by atoms with van der Waals surface area (Å²) in [5.74, 6) is 1.12.